The Morgan fingerprint density at radius 3 is 2.30 bits per heavy atom. The first-order chi connectivity index (χ1) is 11.0. The molecule has 120 valence electrons. The van der Waals surface area contributed by atoms with Crippen LogP contribution in [0.5, 0.6) is 0 Å². The third kappa shape index (κ3) is 3.23. The van der Waals surface area contributed by atoms with Crippen molar-refractivity contribution < 1.29 is 18.5 Å². The number of carbonyl (C=O) groups is 2. The topological polar surface area (TPSA) is 66.7 Å². The first-order valence-corrected chi connectivity index (χ1v) is 7.32. The van der Waals surface area contributed by atoms with Crippen molar-refractivity contribution in [3.63, 3.8) is 0 Å². The highest BCUT2D eigenvalue weighted by Crippen LogP contribution is 2.13. The normalized spacial score (nSPS) is 14.9. The van der Waals surface area contributed by atoms with E-state index in [-0.39, 0.29) is 17.6 Å². The van der Waals surface area contributed by atoms with Gasteiger partial charge in [-0.1, -0.05) is 11.2 Å². The van der Waals surface area contributed by atoms with E-state index in [0.717, 1.165) is 0 Å². The van der Waals surface area contributed by atoms with Gasteiger partial charge >= 0.3 is 0 Å². The van der Waals surface area contributed by atoms with Crippen LogP contribution in [0.4, 0.5) is 4.39 Å². The smallest absolute Gasteiger partial charge is 0.292 e. The Balaban J connectivity index is 1.62. The Labute approximate surface area is 132 Å². The number of hydrogen-bond acceptors (Lipinski definition) is 4. The van der Waals surface area contributed by atoms with Gasteiger partial charge in [0.15, 0.2) is 0 Å². The van der Waals surface area contributed by atoms with Crippen LogP contribution in [0, 0.1) is 12.7 Å². The Morgan fingerprint density at radius 2 is 1.74 bits per heavy atom. The third-order valence-corrected chi connectivity index (χ3v) is 3.76. The molecule has 23 heavy (non-hydrogen) atoms. The summed E-state index contributed by atoms with van der Waals surface area (Å²) in [6.07, 6.45) is 0. The van der Waals surface area contributed by atoms with Crippen molar-refractivity contribution >= 4 is 11.8 Å². The number of hydrogen-bond donors (Lipinski definition) is 0. The van der Waals surface area contributed by atoms with Crippen LogP contribution in [0.1, 0.15) is 26.6 Å². The fourth-order valence-electron chi connectivity index (χ4n) is 2.54. The van der Waals surface area contributed by atoms with Gasteiger partial charge in [-0.05, 0) is 25.1 Å². The molecule has 0 unspecified atom stereocenters. The van der Waals surface area contributed by atoms with Crippen molar-refractivity contribution in [2.45, 2.75) is 6.92 Å². The summed E-state index contributed by atoms with van der Waals surface area (Å²) in [4.78, 5) is 27.8. The molecule has 6 nitrogen and oxygen atoms in total. The van der Waals surface area contributed by atoms with Crippen molar-refractivity contribution in [1.82, 2.24) is 15.0 Å². The zero-order valence-corrected chi connectivity index (χ0v) is 12.7. The summed E-state index contributed by atoms with van der Waals surface area (Å²) >= 11 is 0. The van der Waals surface area contributed by atoms with Crippen molar-refractivity contribution in [1.29, 1.82) is 0 Å². The Morgan fingerprint density at radius 1 is 1.09 bits per heavy atom. The molecule has 1 aromatic heterocycles. The summed E-state index contributed by atoms with van der Waals surface area (Å²) in [6.45, 7) is 3.34. The van der Waals surface area contributed by atoms with E-state index in [4.69, 9.17) is 4.52 Å². The van der Waals surface area contributed by atoms with Crippen LogP contribution in [0.2, 0.25) is 0 Å². The van der Waals surface area contributed by atoms with Crippen LogP contribution in [-0.2, 0) is 0 Å². The molecule has 2 heterocycles. The summed E-state index contributed by atoms with van der Waals surface area (Å²) in [7, 11) is 0. The van der Waals surface area contributed by atoms with E-state index in [1.54, 1.807) is 28.9 Å². The highest BCUT2D eigenvalue weighted by atomic mass is 19.1. The largest absolute Gasteiger partial charge is 0.351 e. The van der Waals surface area contributed by atoms with Gasteiger partial charge in [0.25, 0.3) is 11.8 Å². The van der Waals surface area contributed by atoms with Crippen LogP contribution in [0.3, 0.4) is 0 Å². The lowest BCUT2D eigenvalue weighted by atomic mass is 10.1. The molecule has 0 saturated carbocycles. The lowest BCUT2D eigenvalue weighted by Crippen LogP contribution is -2.50. The SMILES string of the molecule is Cc1cc(C(=O)N2CCN(C(=O)c3cccc(F)c3)CC2)on1. The predicted octanol–water partition coefficient (Wildman–Crippen LogP) is 1.72. The second-order valence-corrected chi connectivity index (χ2v) is 5.43. The summed E-state index contributed by atoms with van der Waals surface area (Å²) in [6, 6.07) is 7.20. The number of carbonyl (C=O) groups excluding carboxylic acids is 2. The van der Waals surface area contributed by atoms with Gasteiger partial charge in [-0.25, -0.2) is 4.39 Å². The molecule has 7 heteroatoms. The molecular weight excluding hydrogens is 301 g/mol. The van der Waals surface area contributed by atoms with Gasteiger partial charge in [0.1, 0.15) is 5.82 Å². The van der Waals surface area contributed by atoms with Crippen LogP contribution >= 0.6 is 0 Å². The number of nitrogens with zero attached hydrogens (tertiary/aromatic N) is 3. The van der Waals surface area contributed by atoms with Gasteiger partial charge in [0.2, 0.25) is 5.76 Å². The van der Waals surface area contributed by atoms with Crippen LogP contribution in [0.15, 0.2) is 34.9 Å². The first-order valence-electron chi connectivity index (χ1n) is 7.32. The Hall–Kier alpha value is -2.70. The van der Waals surface area contributed by atoms with Crippen molar-refractivity contribution in [3.05, 3.63) is 53.2 Å². The maximum absolute atomic E-state index is 13.2. The molecular formula is C16H16FN3O3. The number of rotatable bonds is 2. The molecule has 1 aromatic carbocycles. The highest BCUT2D eigenvalue weighted by Gasteiger charge is 2.27. The number of piperazine rings is 1. The summed E-state index contributed by atoms with van der Waals surface area (Å²) in [5.74, 6) is -0.701. The van der Waals surface area contributed by atoms with E-state index in [1.165, 1.54) is 18.2 Å². The Bertz CT molecular complexity index is 736. The summed E-state index contributed by atoms with van der Waals surface area (Å²) < 4.78 is 18.2. The maximum atomic E-state index is 13.2. The highest BCUT2D eigenvalue weighted by molar-refractivity contribution is 5.95. The number of benzene rings is 1. The minimum Gasteiger partial charge on any atom is -0.351 e. The molecule has 3 rings (SSSR count). The second kappa shape index (κ2) is 6.20. The monoisotopic (exact) mass is 317 g/mol. The molecule has 1 aliphatic rings. The second-order valence-electron chi connectivity index (χ2n) is 5.43. The van der Waals surface area contributed by atoms with Gasteiger partial charge in [0.05, 0.1) is 5.69 Å². The minimum absolute atomic E-state index is 0.201. The van der Waals surface area contributed by atoms with Crippen molar-refractivity contribution in [2.24, 2.45) is 0 Å². The van der Waals surface area contributed by atoms with Crippen LogP contribution < -0.4 is 0 Å². The van der Waals surface area contributed by atoms with Crippen LogP contribution in [-0.4, -0.2) is 52.9 Å². The lowest BCUT2D eigenvalue weighted by Gasteiger charge is -2.34. The number of halogens is 1. The zero-order valence-electron chi connectivity index (χ0n) is 12.7. The summed E-state index contributed by atoms with van der Waals surface area (Å²) in [5.41, 5.74) is 0.962. The number of amides is 2. The van der Waals surface area contributed by atoms with Gasteiger partial charge in [-0.2, -0.15) is 0 Å². The van der Waals surface area contributed by atoms with Gasteiger partial charge in [0, 0.05) is 37.8 Å². The van der Waals surface area contributed by atoms with E-state index in [1.807, 2.05) is 0 Å². The standard InChI is InChI=1S/C16H16FN3O3/c1-11-9-14(23-18-11)16(22)20-7-5-19(6-8-20)15(21)12-3-2-4-13(17)10-12/h2-4,9-10H,5-8H2,1H3. The molecule has 0 aliphatic carbocycles. The maximum Gasteiger partial charge on any atom is 0.292 e. The molecule has 0 atom stereocenters. The first kappa shape index (κ1) is 15.2. The van der Waals surface area contributed by atoms with E-state index in [9.17, 15) is 14.0 Å². The molecule has 0 N–H and O–H groups in total. The molecule has 0 spiro atoms. The van der Waals surface area contributed by atoms with Gasteiger partial charge in [-0.15, -0.1) is 0 Å². The molecule has 1 fully saturated rings. The van der Waals surface area contributed by atoms with Gasteiger partial charge in [-0.3, -0.25) is 9.59 Å². The number of aromatic nitrogens is 1. The van der Waals surface area contributed by atoms with E-state index in [2.05, 4.69) is 5.16 Å². The molecule has 1 saturated heterocycles. The van der Waals surface area contributed by atoms with E-state index >= 15 is 0 Å². The van der Waals surface area contributed by atoms with Gasteiger partial charge < -0.3 is 14.3 Å². The van der Waals surface area contributed by atoms with E-state index in [0.29, 0.717) is 37.4 Å². The quantitative estimate of drug-likeness (QED) is 0.846. The average Bonchev–Trinajstić information content (AvgIpc) is 3.00. The summed E-state index contributed by atoms with van der Waals surface area (Å²) in [5, 5.41) is 3.70. The molecule has 1 aliphatic heterocycles. The fraction of sp³-hybridized carbons (Fsp3) is 0.312. The predicted molar refractivity (Wildman–Crippen MR) is 79.4 cm³/mol. The number of aryl methyl sites for hydroxylation is 1. The lowest BCUT2D eigenvalue weighted by molar-refractivity contribution is 0.0512. The van der Waals surface area contributed by atoms with Crippen molar-refractivity contribution in [2.75, 3.05) is 26.2 Å². The Kier molecular flexibility index (Phi) is 4.10. The average molecular weight is 317 g/mol. The fourth-order valence-corrected chi connectivity index (χ4v) is 2.54. The zero-order chi connectivity index (χ0) is 16.4. The van der Waals surface area contributed by atoms with E-state index < -0.39 is 5.82 Å². The van der Waals surface area contributed by atoms with Crippen molar-refractivity contribution in [3.8, 4) is 0 Å². The molecule has 0 bridgehead atoms. The third-order valence-electron chi connectivity index (χ3n) is 3.76. The minimum atomic E-state index is -0.439. The molecule has 0 radical (unpaired) electrons. The van der Waals surface area contributed by atoms with Crippen LogP contribution in [0.25, 0.3) is 0 Å². The molecule has 2 aromatic rings. The molecule has 2 amide bonds.